The Morgan fingerprint density at radius 3 is 1.87 bits per heavy atom. The Labute approximate surface area is 140 Å². The summed E-state index contributed by atoms with van der Waals surface area (Å²) in [4.78, 5) is 24.7. The summed E-state index contributed by atoms with van der Waals surface area (Å²) in [5.41, 5.74) is 1.43. The Bertz CT molecular complexity index is 659. The number of carbonyl (C=O) groups excluding carboxylic acids is 2. The predicted molar refractivity (Wildman–Crippen MR) is 91.8 cm³/mol. The van der Waals surface area contributed by atoms with Crippen molar-refractivity contribution in [1.82, 2.24) is 0 Å². The molecule has 6 heteroatoms. The number of likely N-dealkylation sites (N-methyl/N-ethyl adjacent to an activating group) is 1. The molecule has 23 heavy (non-hydrogen) atoms. The standard InChI is InChI=1S/C17H18ClN3O2/c1-21(11-16(22)19-14-5-3-2-4-6-14)12-17(23)20-15-9-7-13(18)8-10-15/h2-10H,11-12H2,1H3,(H,19,22)(H,20,23)/p+1. The summed E-state index contributed by atoms with van der Waals surface area (Å²) in [6.45, 7) is 0.410. The minimum Gasteiger partial charge on any atom is -0.322 e. The van der Waals surface area contributed by atoms with Gasteiger partial charge in [0, 0.05) is 16.4 Å². The molecular weight excluding hydrogens is 314 g/mol. The summed E-state index contributed by atoms with van der Waals surface area (Å²) < 4.78 is 0. The monoisotopic (exact) mass is 332 g/mol. The number of para-hydroxylation sites is 1. The molecule has 2 amide bonds. The third kappa shape index (κ3) is 6.10. The maximum absolute atomic E-state index is 12.0. The number of quaternary nitrogens is 1. The molecule has 1 unspecified atom stereocenters. The van der Waals surface area contributed by atoms with Gasteiger partial charge in [-0.15, -0.1) is 0 Å². The van der Waals surface area contributed by atoms with Crippen LogP contribution in [-0.2, 0) is 9.59 Å². The second-order valence-electron chi connectivity index (χ2n) is 5.28. The Morgan fingerprint density at radius 1 is 0.870 bits per heavy atom. The Balaban J connectivity index is 1.77. The van der Waals surface area contributed by atoms with Gasteiger partial charge in [0.2, 0.25) is 0 Å². The van der Waals surface area contributed by atoms with Gasteiger partial charge in [-0.3, -0.25) is 9.59 Å². The van der Waals surface area contributed by atoms with Crippen LogP contribution in [0.3, 0.4) is 0 Å². The molecule has 0 saturated carbocycles. The van der Waals surface area contributed by atoms with Gasteiger partial charge in [-0.1, -0.05) is 29.8 Å². The highest BCUT2D eigenvalue weighted by Gasteiger charge is 2.14. The highest BCUT2D eigenvalue weighted by Crippen LogP contribution is 2.12. The van der Waals surface area contributed by atoms with Crippen molar-refractivity contribution in [3.8, 4) is 0 Å². The van der Waals surface area contributed by atoms with Gasteiger partial charge in [0.05, 0.1) is 7.05 Å². The van der Waals surface area contributed by atoms with E-state index < -0.39 is 0 Å². The molecule has 2 aromatic rings. The third-order valence-corrected chi connectivity index (χ3v) is 3.36. The number of amides is 2. The van der Waals surface area contributed by atoms with Crippen molar-refractivity contribution < 1.29 is 14.5 Å². The molecule has 0 aliphatic heterocycles. The summed E-state index contributed by atoms with van der Waals surface area (Å²) in [5.74, 6) is -0.287. The lowest BCUT2D eigenvalue weighted by molar-refractivity contribution is -0.862. The number of anilines is 2. The van der Waals surface area contributed by atoms with E-state index in [4.69, 9.17) is 11.6 Å². The molecule has 0 saturated heterocycles. The van der Waals surface area contributed by atoms with E-state index in [0.29, 0.717) is 10.7 Å². The summed E-state index contributed by atoms with van der Waals surface area (Å²) in [6.07, 6.45) is 0. The fraction of sp³-hybridized carbons (Fsp3) is 0.176. The highest BCUT2D eigenvalue weighted by atomic mass is 35.5. The number of hydrogen-bond acceptors (Lipinski definition) is 2. The largest absolute Gasteiger partial charge is 0.322 e. The minimum atomic E-state index is -0.155. The molecule has 0 aromatic heterocycles. The van der Waals surface area contributed by atoms with E-state index in [1.54, 1.807) is 31.3 Å². The first-order chi connectivity index (χ1) is 11.0. The quantitative estimate of drug-likeness (QED) is 0.749. The Kier molecular flexibility index (Phi) is 6.14. The maximum Gasteiger partial charge on any atom is 0.279 e. The number of carbonyl (C=O) groups is 2. The van der Waals surface area contributed by atoms with E-state index in [2.05, 4.69) is 10.6 Å². The molecule has 0 heterocycles. The average Bonchev–Trinajstić information content (AvgIpc) is 2.50. The van der Waals surface area contributed by atoms with Gasteiger partial charge >= 0.3 is 0 Å². The normalized spacial score (nSPS) is 11.6. The van der Waals surface area contributed by atoms with Crippen LogP contribution in [0, 0.1) is 0 Å². The average molecular weight is 333 g/mol. The summed E-state index contributed by atoms with van der Waals surface area (Å²) in [6, 6.07) is 16.1. The van der Waals surface area contributed by atoms with Crippen molar-refractivity contribution in [2.24, 2.45) is 0 Å². The van der Waals surface area contributed by atoms with Crippen molar-refractivity contribution in [3.05, 3.63) is 59.6 Å². The molecule has 0 spiro atoms. The summed E-state index contributed by atoms with van der Waals surface area (Å²) in [7, 11) is 1.80. The van der Waals surface area contributed by atoms with Crippen LogP contribution in [0.1, 0.15) is 0 Å². The molecule has 0 fully saturated rings. The van der Waals surface area contributed by atoms with Crippen LogP contribution in [0.15, 0.2) is 54.6 Å². The van der Waals surface area contributed by atoms with E-state index in [-0.39, 0.29) is 24.9 Å². The SMILES string of the molecule is C[NH+](CC(=O)Nc1ccccc1)CC(=O)Nc1ccc(Cl)cc1. The van der Waals surface area contributed by atoms with Gasteiger partial charge in [0.15, 0.2) is 13.1 Å². The molecule has 0 aliphatic carbocycles. The van der Waals surface area contributed by atoms with Crippen LogP contribution in [0.5, 0.6) is 0 Å². The van der Waals surface area contributed by atoms with Gasteiger partial charge in [-0.2, -0.15) is 0 Å². The van der Waals surface area contributed by atoms with Crippen LogP contribution >= 0.6 is 11.6 Å². The first-order valence-corrected chi connectivity index (χ1v) is 7.62. The van der Waals surface area contributed by atoms with Crippen molar-refractivity contribution in [3.63, 3.8) is 0 Å². The smallest absolute Gasteiger partial charge is 0.279 e. The first kappa shape index (κ1) is 17.0. The number of halogens is 1. The summed E-state index contributed by atoms with van der Waals surface area (Å²) in [5, 5.41) is 6.18. The van der Waals surface area contributed by atoms with Crippen LogP contribution in [-0.4, -0.2) is 32.0 Å². The second kappa shape index (κ2) is 8.31. The zero-order chi connectivity index (χ0) is 16.7. The van der Waals surface area contributed by atoms with E-state index >= 15 is 0 Å². The van der Waals surface area contributed by atoms with Crippen LogP contribution < -0.4 is 15.5 Å². The number of hydrogen-bond donors (Lipinski definition) is 3. The zero-order valence-corrected chi connectivity index (χ0v) is 13.6. The maximum atomic E-state index is 12.0. The third-order valence-electron chi connectivity index (χ3n) is 3.11. The molecule has 2 rings (SSSR count). The Hall–Kier alpha value is -2.37. The Morgan fingerprint density at radius 2 is 1.35 bits per heavy atom. The predicted octanol–water partition coefficient (Wildman–Crippen LogP) is 1.43. The van der Waals surface area contributed by atoms with Gasteiger partial charge in [0.25, 0.3) is 11.8 Å². The zero-order valence-electron chi connectivity index (χ0n) is 12.8. The molecular formula is C17H19ClN3O2+. The lowest BCUT2D eigenvalue weighted by atomic mass is 10.3. The van der Waals surface area contributed by atoms with Crippen molar-refractivity contribution in [2.45, 2.75) is 0 Å². The molecule has 0 radical (unpaired) electrons. The topological polar surface area (TPSA) is 62.6 Å². The van der Waals surface area contributed by atoms with E-state index in [1.807, 2.05) is 30.3 Å². The van der Waals surface area contributed by atoms with Crippen LogP contribution in [0.2, 0.25) is 5.02 Å². The van der Waals surface area contributed by atoms with Gasteiger partial charge in [-0.05, 0) is 36.4 Å². The van der Waals surface area contributed by atoms with Crippen LogP contribution in [0.25, 0.3) is 0 Å². The van der Waals surface area contributed by atoms with Crippen molar-refractivity contribution in [2.75, 3.05) is 30.8 Å². The molecule has 1 atom stereocenters. The molecule has 0 bridgehead atoms. The molecule has 3 N–H and O–H groups in total. The first-order valence-electron chi connectivity index (χ1n) is 7.24. The number of rotatable bonds is 6. The van der Waals surface area contributed by atoms with Crippen LogP contribution in [0.4, 0.5) is 11.4 Å². The second-order valence-corrected chi connectivity index (χ2v) is 5.72. The van der Waals surface area contributed by atoms with Gasteiger partial charge in [0.1, 0.15) is 0 Å². The van der Waals surface area contributed by atoms with E-state index in [1.165, 1.54) is 0 Å². The molecule has 120 valence electrons. The van der Waals surface area contributed by atoms with E-state index in [9.17, 15) is 9.59 Å². The summed E-state index contributed by atoms with van der Waals surface area (Å²) >= 11 is 5.80. The molecule has 2 aromatic carbocycles. The van der Waals surface area contributed by atoms with E-state index in [0.717, 1.165) is 10.6 Å². The van der Waals surface area contributed by atoms with Crippen molar-refractivity contribution >= 4 is 34.8 Å². The van der Waals surface area contributed by atoms with Crippen molar-refractivity contribution in [1.29, 1.82) is 0 Å². The fourth-order valence-electron chi connectivity index (χ4n) is 2.08. The van der Waals surface area contributed by atoms with Gasteiger partial charge < -0.3 is 15.5 Å². The van der Waals surface area contributed by atoms with Gasteiger partial charge in [-0.25, -0.2) is 0 Å². The lowest BCUT2D eigenvalue weighted by Gasteiger charge is -2.13. The lowest BCUT2D eigenvalue weighted by Crippen LogP contribution is -3.11. The highest BCUT2D eigenvalue weighted by molar-refractivity contribution is 6.30. The minimum absolute atomic E-state index is 0.131. The number of nitrogens with one attached hydrogen (secondary N) is 3. The fourth-order valence-corrected chi connectivity index (χ4v) is 2.20. The molecule has 5 nitrogen and oxygen atoms in total. The number of benzene rings is 2. The molecule has 0 aliphatic rings.